The van der Waals surface area contributed by atoms with E-state index in [1.807, 2.05) is 0 Å². The molecule has 1 heteroatoms. The highest BCUT2D eigenvalue weighted by Crippen LogP contribution is 2.24. The highest BCUT2D eigenvalue weighted by Gasteiger charge is 2.03. The van der Waals surface area contributed by atoms with Crippen LogP contribution in [0.1, 0.15) is 18.4 Å². The van der Waals surface area contributed by atoms with Crippen molar-refractivity contribution in [2.24, 2.45) is 5.73 Å². The Morgan fingerprint density at radius 1 is 0.765 bits per heavy atom. The number of unbranched alkanes of at least 4 members (excludes halogenated alkanes) is 1. The summed E-state index contributed by atoms with van der Waals surface area (Å²) in [5.41, 5.74) is 9.62. The molecule has 17 heavy (non-hydrogen) atoms. The first-order chi connectivity index (χ1) is 8.42. The summed E-state index contributed by atoms with van der Waals surface area (Å²) in [5.74, 6) is 0. The van der Waals surface area contributed by atoms with Gasteiger partial charge in [-0.15, -0.1) is 0 Å². The Morgan fingerprint density at radius 3 is 2.24 bits per heavy atom. The van der Waals surface area contributed by atoms with E-state index >= 15 is 0 Å². The third kappa shape index (κ3) is 3.18. The van der Waals surface area contributed by atoms with Crippen molar-refractivity contribution in [3.8, 4) is 11.1 Å². The van der Waals surface area contributed by atoms with Crippen molar-refractivity contribution in [3.05, 3.63) is 60.2 Å². The van der Waals surface area contributed by atoms with Crippen molar-refractivity contribution in [3.63, 3.8) is 0 Å². The lowest BCUT2D eigenvalue weighted by Gasteiger charge is -2.09. The fourth-order valence-corrected chi connectivity index (χ4v) is 2.10. The van der Waals surface area contributed by atoms with Crippen molar-refractivity contribution < 1.29 is 0 Å². The molecule has 0 amide bonds. The van der Waals surface area contributed by atoms with E-state index in [1.165, 1.54) is 23.1 Å². The average Bonchev–Trinajstić information content (AvgIpc) is 2.41. The summed E-state index contributed by atoms with van der Waals surface area (Å²) < 4.78 is 0. The third-order valence-corrected chi connectivity index (χ3v) is 3.00. The van der Waals surface area contributed by atoms with E-state index in [0.717, 1.165) is 19.4 Å². The predicted octanol–water partition coefficient (Wildman–Crippen LogP) is 3.64. The van der Waals surface area contributed by atoms with Crippen LogP contribution in [0.3, 0.4) is 0 Å². The Morgan fingerprint density at radius 2 is 1.47 bits per heavy atom. The molecule has 0 bridgehead atoms. The first-order valence-corrected chi connectivity index (χ1v) is 6.25. The van der Waals surface area contributed by atoms with Crippen LogP contribution in [0.2, 0.25) is 0 Å². The molecule has 0 radical (unpaired) electrons. The Bertz CT molecular complexity index is 448. The van der Waals surface area contributed by atoms with Crippen molar-refractivity contribution >= 4 is 0 Å². The molecule has 88 valence electrons. The number of hydrogen-bond donors (Lipinski definition) is 1. The minimum Gasteiger partial charge on any atom is -0.330 e. The minimum atomic E-state index is 0.785. The van der Waals surface area contributed by atoms with Gasteiger partial charge in [0.15, 0.2) is 0 Å². The molecule has 0 aliphatic rings. The molecular weight excluding hydrogens is 206 g/mol. The Balaban J connectivity index is 2.22. The van der Waals surface area contributed by atoms with Crippen molar-refractivity contribution in [1.29, 1.82) is 0 Å². The zero-order valence-electron chi connectivity index (χ0n) is 10.1. The van der Waals surface area contributed by atoms with Gasteiger partial charge in [-0.3, -0.25) is 0 Å². The molecule has 0 atom stereocenters. The van der Waals surface area contributed by atoms with Crippen LogP contribution in [0.25, 0.3) is 11.1 Å². The van der Waals surface area contributed by atoms with Gasteiger partial charge in [0, 0.05) is 0 Å². The maximum Gasteiger partial charge on any atom is -0.00772 e. The third-order valence-electron chi connectivity index (χ3n) is 3.00. The summed E-state index contributed by atoms with van der Waals surface area (Å²) in [4.78, 5) is 0. The number of nitrogens with two attached hydrogens (primary N) is 1. The van der Waals surface area contributed by atoms with E-state index in [4.69, 9.17) is 5.73 Å². The molecule has 2 aromatic rings. The van der Waals surface area contributed by atoms with E-state index in [1.54, 1.807) is 0 Å². The summed E-state index contributed by atoms with van der Waals surface area (Å²) >= 11 is 0. The second-order valence-electron chi connectivity index (χ2n) is 4.27. The van der Waals surface area contributed by atoms with Gasteiger partial charge in [0.1, 0.15) is 0 Å². The highest BCUT2D eigenvalue weighted by atomic mass is 14.5. The largest absolute Gasteiger partial charge is 0.330 e. The number of hydrogen-bond acceptors (Lipinski definition) is 1. The summed E-state index contributed by atoms with van der Waals surface area (Å²) in [7, 11) is 0. The number of benzene rings is 2. The molecule has 2 aromatic carbocycles. The van der Waals surface area contributed by atoms with Gasteiger partial charge in [0.2, 0.25) is 0 Å². The van der Waals surface area contributed by atoms with Gasteiger partial charge >= 0.3 is 0 Å². The SMILES string of the molecule is NCCCCc1ccccc1-c1ccccc1. The van der Waals surface area contributed by atoms with E-state index in [2.05, 4.69) is 54.6 Å². The van der Waals surface area contributed by atoms with Crippen LogP contribution in [-0.2, 0) is 6.42 Å². The molecule has 0 aromatic heterocycles. The number of aryl methyl sites for hydroxylation is 1. The molecule has 0 heterocycles. The maximum absolute atomic E-state index is 5.54. The van der Waals surface area contributed by atoms with Crippen LogP contribution in [0.4, 0.5) is 0 Å². The highest BCUT2D eigenvalue weighted by molar-refractivity contribution is 5.67. The van der Waals surface area contributed by atoms with Crippen molar-refractivity contribution in [1.82, 2.24) is 0 Å². The minimum absolute atomic E-state index is 0.785. The standard InChI is InChI=1S/C16H19N/c17-13-7-6-11-15-10-4-5-12-16(15)14-8-2-1-3-9-14/h1-5,8-10,12H,6-7,11,13,17H2. The average molecular weight is 225 g/mol. The van der Waals surface area contributed by atoms with Crippen LogP contribution < -0.4 is 5.73 Å². The molecule has 1 nitrogen and oxygen atoms in total. The lowest BCUT2D eigenvalue weighted by Crippen LogP contribution is -1.99. The molecule has 0 fully saturated rings. The van der Waals surface area contributed by atoms with E-state index in [9.17, 15) is 0 Å². The normalized spacial score (nSPS) is 10.4. The van der Waals surface area contributed by atoms with Crippen LogP contribution in [0, 0.1) is 0 Å². The summed E-state index contributed by atoms with van der Waals surface area (Å²) in [5, 5.41) is 0. The van der Waals surface area contributed by atoms with Gasteiger partial charge in [-0.2, -0.15) is 0 Å². The van der Waals surface area contributed by atoms with Crippen molar-refractivity contribution in [2.75, 3.05) is 6.54 Å². The lowest BCUT2D eigenvalue weighted by molar-refractivity contribution is 0.745. The zero-order chi connectivity index (χ0) is 11.9. The summed E-state index contributed by atoms with van der Waals surface area (Å²) in [6.07, 6.45) is 3.38. The fraction of sp³-hybridized carbons (Fsp3) is 0.250. The van der Waals surface area contributed by atoms with Crippen LogP contribution in [-0.4, -0.2) is 6.54 Å². The monoisotopic (exact) mass is 225 g/mol. The smallest absolute Gasteiger partial charge is 0.00772 e. The van der Waals surface area contributed by atoms with Crippen molar-refractivity contribution in [2.45, 2.75) is 19.3 Å². The molecule has 2 rings (SSSR count). The summed E-state index contributed by atoms with van der Waals surface area (Å²) in [6.45, 7) is 0.785. The lowest BCUT2D eigenvalue weighted by atomic mass is 9.96. The topological polar surface area (TPSA) is 26.0 Å². The molecule has 0 saturated carbocycles. The van der Waals surface area contributed by atoms with Gasteiger partial charge in [-0.1, -0.05) is 54.6 Å². The zero-order valence-corrected chi connectivity index (χ0v) is 10.1. The van der Waals surface area contributed by atoms with Gasteiger partial charge in [0.05, 0.1) is 0 Å². The molecule has 0 unspecified atom stereocenters. The van der Waals surface area contributed by atoms with Crippen LogP contribution >= 0.6 is 0 Å². The van der Waals surface area contributed by atoms with E-state index < -0.39 is 0 Å². The van der Waals surface area contributed by atoms with Crippen LogP contribution in [0.5, 0.6) is 0 Å². The Hall–Kier alpha value is -1.60. The Kier molecular flexibility index (Phi) is 4.34. The molecule has 0 spiro atoms. The molecular formula is C16H19N. The molecule has 0 aliphatic carbocycles. The molecule has 0 saturated heterocycles. The molecule has 2 N–H and O–H groups in total. The molecule has 0 aliphatic heterocycles. The van der Waals surface area contributed by atoms with E-state index in [-0.39, 0.29) is 0 Å². The first kappa shape index (κ1) is 11.9. The quantitative estimate of drug-likeness (QED) is 0.772. The van der Waals surface area contributed by atoms with Crippen LogP contribution in [0.15, 0.2) is 54.6 Å². The number of rotatable bonds is 5. The second-order valence-corrected chi connectivity index (χ2v) is 4.27. The maximum atomic E-state index is 5.54. The van der Waals surface area contributed by atoms with Gasteiger partial charge < -0.3 is 5.73 Å². The summed E-state index contributed by atoms with van der Waals surface area (Å²) in [6, 6.07) is 19.2. The second kappa shape index (κ2) is 6.21. The predicted molar refractivity (Wildman–Crippen MR) is 73.9 cm³/mol. The first-order valence-electron chi connectivity index (χ1n) is 6.25. The van der Waals surface area contributed by atoms with Gasteiger partial charge in [0.25, 0.3) is 0 Å². The van der Waals surface area contributed by atoms with Gasteiger partial charge in [-0.25, -0.2) is 0 Å². The van der Waals surface area contributed by atoms with E-state index in [0.29, 0.717) is 0 Å². The van der Waals surface area contributed by atoms with Gasteiger partial charge in [-0.05, 0) is 42.5 Å². The fourth-order valence-electron chi connectivity index (χ4n) is 2.10. The Labute approximate surface area is 103 Å².